The van der Waals surface area contributed by atoms with Gasteiger partial charge in [0.25, 0.3) is 5.91 Å². The van der Waals surface area contributed by atoms with Crippen molar-refractivity contribution in [2.45, 2.75) is 13.3 Å². The molecule has 0 aliphatic carbocycles. The number of hydrogen-bond acceptors (Lipinski definition) is 3. The minimum absolute atomic E-state index is 0.0117. The molecule has 1 N–H and O–H groups in total. The van der Waals surface area contributed by atoms with Crippen LogP contribution in [0.1, 0.15) is 23.8 Å². The summed E-state index contributed by atoms with van der Waals surface area (Å²) in [5, 5.41) is 0. The Kier molecular flexibility index (Phi) is 4.57. The van der Waals surface area contributed by atoms with Crippen LogP contribution in [0.4, 0.5) is 0 Å². The Labute approximate surface area is 94.4 Å². The average molecular weight is 224 g/mol. The third-order valence-electron chi connectivity index (χ3n) is 2.16. The van der Waals surface area contributed by atoms with Crippen molar-refractivity contribution in [3.63, 3.8) is 0 Å². The molecule has 88 valence electrons. The van der Waals surface area contributed by atoms with Crippen LogP contribution in [0.25, 0.3) is 0 Å². The van der Waals surface area contributed by atoms with E-state index in [9.17, 15) is 9.59 Å². The van der Waals surface area contributed by atoms with Crippen LogP contribution >= 0.6 is 0 Å². The Bertz CT molecular complexity index is 346. The fourth-order valence-corrected chi connectivity index (χ4v) is 1.38. The molecule has 0 radical (unpaired) electrons. The number of hydrogen-bond donors (Lipinski definition) is 1. The van der Waals surface area contributed by atoms with Gasteiger partial charge in [0, 0.05) is 12.7 Å². The van der Waals surface area contributed by atoms with E-state index in [0.717, 1.165) is 6.42 Å². The molecule has 0 bridgehead atoms. The molecule has 1 aromatic rings. The molecule has 0 saturated heterocycles. The largest absolute Gasteiger partial charge is 0.468 e. The van der Waals surface area contributed by atoms with E-state index in [0.29, 0.717) is 12.2 Å². The molecule has 0 saturated carbocycles. The molecule has 0 aliphatic heterocycles. The molecule has 1 amide bonds. The number of carbonyl (C=O) groups is 2. The van der Waals surface area contributed by atoms with Gasteiger partial charge in [0.1, 0.15) is 12.2 Å². The Hall–Kier alpha value is -1.78. The molecule has 0 unspecified atom stereocenters. The molecule has 16 heavy (non-hydrogen) atoms. The summed E-state index contributed by atoms with van der Waals surface area (Å²) in [5.74, 6) is -0.592. The van der Waals surface area contributed by atoms with Gasteiger partial charge in [0.05, 0.1) is 7.11 Å². The molecule has 5 heteroatoms. The Balaban J connectivity index is 2.69. The van der Waals surface area contributed by atoms with Gasteiger partial charge in [-0.25, -0.2) is 0 Å². The molecule has 0 fully saturated rings. The molecule has 0 aromatic carbocycles. The van der Waals surface area contributed by atoms with Crippen LogP contribution in [0, 0.1) is 0 Å². The van der Waals surface area contributed by atoms with Gasteiger partial charge >= 0.3 is 5.97 Å². The van der Waals surface area contributed by atoms with Gasteiger partial charge in [0.2, 0.25) is 0 Å². The van der Waals surface area contributed by atoms with Crippen molar-refractivity contribution in [1.29, 1.82) is 0 Å². The van der Waals surface area contributed by atoms with Gasteiger partial charge in [-0.1, -0.05) is 6.92 Å². The lowest BCUT2D eigenvalue weighted by Crippen LogP contribution is -2.36. The van der Waals surface area contributed by atoms with Gasteiger partial charge in [-0.2, -0.15) is 0 Å². The van der Waals surface area contributed by atoms with E-state index in [-0.39, 0.29) is 12.5 Å². The number of nitrogens with zero attached hydrogens (tertiary/aromatic N) is 1. The number of rotatable bonds is 5. The highest BCUT2D eigenvalue weighted by atomic mass is 16.5. The first-order valence-electron chi connectivity index (χ1n) is 5.18. The summed E-state index contributed by atoms with van der Waals surface area (Å²) in [6.45, 7) is 2.47. The van der Waals surface area contributed by atoms with Gasteiger partial charge in [-0.3, -0.25) is 9.59 Å². The number of H-pyrrole nitrogens is 1. The smallest absolute Gasteiger partial charge is 0.325 e. The van der Waals surface area contributed by atoms with Crippen molar-refractivity contribution in [1.82, 2.24) is 9.88 Å². The molecule has 1 heterocycles. The van der Waals surface area contributed by atoms with Crippen LogP contribution < -0.4 is 0 Å². The van der Waals surface area contributed by atoms with Crippen molar-refractivity contribution in [2.24, 2.45) is 0 Å². The highest BCUT2D eigenvalue weighted by Crippen LogP contribution is 2.03. The molecule has 0 spiro atoms. The number of amides is 1. The van der Waals surface area contributed by atoms with Gasteiger partial charge in [-0.05, 0) is 18.6 Å². The van der Waals surface area contributed by atoms with E-state index in [4.69, 9.17) is 0 Å². The molecule has 0 atom stereocenters. The van der Waals surface area contributed by atoms with E-state index >= 15 is 0 Å². The lowest BCUT2D eigenvalue weighted by molar-refractivity contribution is -0.141. The van der Waals surface area contributed by atoms with Crippen LogP contribution in [0.2, 0.25) is 0 Å². The Morgan fingerprint density at radius 3 is 2.75 bits per heavy atom. The third kappa shape index (κ3) is 3.12. The van der Waals surface area contributed by atoms with Gasteiger partial charge in [0.15, 0.2) is 0 Å². The maximum absolute atomic E-state index is 11.9. The summed E-state index contributed by atoms with van der Waals surface area (Å²) >= 11 is 0. The quantitative estimate of drug-likeness (QED) is 0.760. The second-order valence-corrected chi connectivity index (χ2v) is 3.39. The fraction of sp³-hybridized carbons (Fsp3) is 0.455. The summed E-state index contributed by atoms with van der Waals surface area (Å²) in [4.78, 5) is 27.4. The van der Waals surface area contributed by atoms with E-state index in [1.165, 1.54) is 12.0 Å². The van der Waals surface area contributed by atoms with Crippen molar-refractivity contribution >= 4 is 11.9 Å². The van der Waals surface area contributed by atoms with E-state index in [1.807, 2.05) is 6.92 Å². The summed E-state index contributed by atoms with van der Waals surface area (Å²) in [5.41, 5.74) is 0.484. The highest BCUT2D eigenvalue weighted by Gasteiger charge is 2.18. The highest BCUT2D eigenvalue weighted by molar-refractivity contribution is 5.94. The minimum atomic E-state index is -0.409. The molecule has 5 nitrogen and oxygen atoms in total. The number of carbonyl (C=O) groups excluding carboxylic acids is 2. The topological polar surface area (TPSA) is 62.4 Å². The van der Waals surface area contributed by atoms with E-state index < -0.39 is 5.97 Å². The van der Waals surface area contributed by atoms with Crippen LogP contribution in [0.5, 0.6) is 0 Å². The number of nitrogens with one attached hydrogen (secondary N) is 1. The SMILES string of the molecule is CCCN(CC(=O)OC)C(=O)c1ccc[nH]1. The zero-order valence-electron chi connectivity index (χ0n) is 9.53. The van der Waals surface area contributed by atoms with Crippen molar-refractivity contribution < 1.29 is 14.3 Å². The number of aromatic nitrogens is 1. The fourth-order valence-electron chi connectivity index (χ4n) is 1.38. The maximum Gasteiger partial charge on any atom is 0.325 e. The van der Waals surface area contributed by atoms with Crippen LogP contribution in [0.3, 0.4) is 0 Å². The van der Waals surface area contributed by atoms with E-state index in [1.54, 1.807) is 18.3 Å². The summed E-state index contributed by atoms with van der Waals surface area (Å²) in [7, 11) is 1.31. The van der Waals surface area contributed by atoms with Crippen LogP contribution in [-0.2, 0) is 9.53 Å². The number of esters is 1. The third-order valence-corrected chi connectivity index (χ3v) is 2.16. The maximum atomic E-state index is 11.9. The van der Waals surface area contributed by atoms with Crippen molar-refractivity contribution in [3.8, 4) is 0 Å². The van der Waals surface area contributed by atoms with Crippen molar-refractivity contribution in [2.75, 3.05) is 20.2 Å². The minimum Gasteiger partial charge on any atom is -0.468 e. The molecule has 1 aromatic heterocycles. The summed E-state index contributed by atoms with van der Waals surface area (Å²) < 4.78 is 4.55. The predicted octanol–water partition coefficient (Wildman–Crippen LogP) is 1.04. The Morgan fingerprint density at radius 2 is 2.25 bits per heavy atom. The zero-order valence-corrected chi connectivity index (χ0v) is 9.53. The normalized spacial score (nSPS) is 9.88. The first kappa shape index (κ1) is 12.3. The molecular weight excluding hydrogens is 208 g/mol. The average Bonchev–Trinajstić information content (AvgIpc) is 2.80. The van der Waals surface area contributed by atoms with Crippen LogP contribution in [0.15, 0.2) is 18.3 Å². The number of methoxy groups -OCH3 is 1. The second kappa shape index (κ2) is 5.95. The molecular formula is C11H16N2O3. The predicted molar refractivity (Wildman–Crippen MR) is 59.0 cm³/mol. The van der Waals surface area contributed by atoms with E-state index in [2.05, 4.69) is 9.72 Å². The van der Waals surface area contributed by atoms with Crippen LogP contribution in [-0.4, -0.2) is 42.0 Å². The zero-order chi connectivity index (χ0) is 12.0. The summed E-state index contributed by atoms with van der Waals surface area (Å²) in [6, 6.07) is 3.43. The molecule has 0 aliphatic rings. The van der Waals surface area contributed by atoms with Crippen molar-refractivity contribution in [3.05, 3.63) is 24.0 Å². The second-order valence-electron chi connectivity index (χ2n) is 3.39. The standard InChI is InChI=1S/C11H16N2O3/c1-3-7-13(8-10(14)16-2)11(15)9-5-4-6-12-9/h4-6,12H,3,7-8H2,1-2H3. The number of aromatic amines is 1. The molecule has 1 rings (SSSR count). The summed E-state index contributed by atoms with van der Waals surface area (Å²) in [6.07, 6.45) is 2.47. The monoisotopic (exact) mass is 224 g/mol. The number of ether oxygens (including phenoxy) is 1. The van der Waals surface area contributed by atoms with Gasteiger partial charge < -0.3 is 14.6 Å². The first-order valence-corrected chi connectivity index (χ1v) is 5.18. The first-order chi connectivity index (χ1) is 7.69. The lowest BCUT2D eigenvalue weighted by atomic mass is 10.3. The lowest BCUT2D eigenvalue weighted by Gasteiger charge is -2.19. The van der Waals surface area contributed by atoms with Gasteiger partial charge in [-0.15, -0.1) is 0 Å². The Morgan fingerprint density at radius 1 is 1.50 bits per heavy atom.